The lowest BCUT2D eigenvalue weighted by molar-refractivity contribution is -0.137. The van der Waals surface area contributed by atoms with Gasteiger partial charge in [-0.3, -0.25) is 4.98 Å². The lowest BCUT2D eigenvalue weighted by Gasteiger charge is -2.06. The average Bonchev–Trinajstić information content (AvgIpc) is 2.70. The van der Waals surface area contributed by atoms with Gasteiger partial charge in [0, 0.05) is 18.5 Å². The number of pyridine rings is 1. The summed E-state index contributed by atoms with van der Waals surface area (Å²) >= 11 is 0. The zero-order valence-corrected chi connectivity index (χ0v) is 15.0. The Labute approximate surface area is 155 Å². The standard InChI is InChI=1S/C22H25NO3/c1-2-22(24)26-18-6-4-3-5-17-25-21-11-9-19(10-12-21)7-8-20-13-15-23-16-14-20/h2,7-16H,1,3-6,17-18H2/b8-7+. The van der Waals surface area contributed by atoms with Crippen LogP contribution < -0.4 is 4.74 Å². The first kappa shape index (κ1) is 19.4. The minimum Gasteiger partial charge on any atom is -0.494 e. The van der Waals surface area contributed by atoms with Gasteiger partial charge in [0.2, 0.25) is 0 Å². The highest BCUT2D eigenvalue weighted by Crippen LogP contribution is 2.15. The number of hydrogen-bond donors (Lipinski definition) is 0. The molecule has 0 saturated carbocycles. The summed E-state index contributed by atoms with van der Waals surface area (Å²) in [5, 5.41) is 0. The fourth-order valence-corrected chi connectivity index (χ4v) is 2.32. The zero-order chi connectivity index (χ0) is 18.5. The molecule has 0 atom stereocenters. The van der Waals surface area contributed by atoms with Crippen molar-refractivity contribution >= 4 is 18.1 Å². The zero-order valence-electron chi connectivity index (χ0n) is 15.0. The van der Waals surface area contributed by atoms with Crippen LogP contribution in [0, 0.1) is 0 Å². The van der Waals surface area contributed by atoms with Crippen LogP contribution in [0.3, 0.4) is 0 Å². The normalized spacial score (nSPS) is 10.6. The minimum atomic E-state index is -0.354. The van der Waals surface area contributed by atoms with Gasteiger partial charge in [-0.2, -0.15) is 0 Å². The highest BCUT2D eigenvalue weighted by atomic mass is 16.5. The smallest absolute Gasteiger partial charge is 0.330 e. The van der Waals surface area contributed by atoms with Crippen LogP contribution in [-0.4, -0.2) is 24.2 Å². The predicted molar refractivity (Wildman–Crippen MR) is 105 cm³/mol. The summed E-state index contributed by atoms with van der Waals surface area (Å²) in [6.07, 6.45) is 12.8. The van der Waals surface area contributed by atoms with Crippen LogP contribution in [0.1, 0.15) is 36.8 Å². The van der Waals surface area contributed by atoms with Crippen LogP contribution in [0.25, 0.3) is 12.2 Å². The Hall–Kier alpha value is -2.88. The molecule has 0 aliphatic heterocycles. The minimum absolute atomic E-state index is 0.354. The fraction of sp³-hybridized carbons (Fsp3) is 0.273. The molecule has 0 radical (unpaired) electrons. The predicted octanol–water partition coefficient (Wildman–Crippen LogP) is 4.92. The third-order valence-electron chi connectivity index (χ3n) is 3.77. The van der Waals surface area contributed by atoms with Gasteiger partial charge >= 0.3 is 5.97 Å². The van der Waals surface area contributed by atoms with E-state index < -0.39 is 0 Å². The first-order valence-corrected chi connectivity index (χ1v) is 8.88. The van der Waals surface area contributed by atoms with E-state index in [1.807, 2.05) is 36.4 Å². The molecule has 0 spiro atoms. The number of aromatic nitrogens is 1. The third kappa shape index (κ3) is 7.79. The average molecular weight is 351 g/mol. The van der Waals surface area contributed by atoms with Crippen molar-refractivity contribution in [3.05, 3.63) is 72.6 Å². The van der Waals surface area contributed by atoms with Gasteiger partial charge in [-0.15, -0.1) is 0 Å². The molecule has 0 N–H and O–H groups in total. The van der Waals surface area contributed by atoms with Crippen molar-refractivity contribution in [3.8, 4) is 5.75 Å². The lowest BCUT2D eigenvalue weighted by Crippen LogP contribution is -2.02. The fourth-order valence-electron chi connectivity index (χ4n) is 2.32. The quantitative estimate of drug-likeness (QED) is 0.327. The van der Waals surface area contributed by atoms with Gasteiger partial charge in [0.25, 0.3) is 0 Å². The highest BCUT2D eigenvalue weighted by Gasteiger charge is 1.97. The Morgan fingerprint density at radius 2 is 1.50 bits per heavy atom. The van der Waals surface area contributed by atoms with Crippen molar-refractivity contribution in [1.29, 1.82) is 0 Å². The molecule has 0 bridgehead atoms. The Morgan fingerprint density at radius 3 is 2.15 bits per heavy atom. The molecule has 0 aliphatic carbocycles. The molecule has 4 nitrogen and oxygen atoms in total. The van der Waals surface area contributed by atoms with Crippen LogP contribution >= 0.6 is 0 Å². The molecule has 1 heterocycles. The van der Waals surface area contributed by atoms with Gasteiger partial charge in [-0.05, 0) is 61.1 Å². The maximum atomic E-state index is 10.9. The second kappa shape index (κ2) is 11.6. The molecule has 1 aromatic carbocycles. The first-order chi connectivity index (χ1) is 12.8. The Kier molecular flexibility index (Phi) is 8.70. The van der Waals surface area contributed by atoms with E-state index in [1.165, 1.54) is 6.08 Å². The summed E-state index contributed by atoms with van der Waals surface area (Å²) in [6.45, 7) is 4.51. The van der Waals surface area contributed by atoms with Gasteiger partial charge in [-0.1, -0.05) is 30.9 Å². The Balaban J connectivity index is 1.60. The van der Waals surface area contributed by atoms with Gasteiger partial charge in [-0.25, -0.2) is 4.79 Å². The molecule has 2 aromatic rings. The number of unbranched alkanes of at least 4 members (excludes halogenated alkanes) is 3. The maximum Gasteiger partial charge on any atom is 0.330 e. The van der Waals surface area contributed by atoms with Crippen molar-refractivity contribution in [1.82, 2.24) is 4.98 Å². The number of nitrogens with zero attached hydrogens (tertiary/aromatic N) is 1. The molecule has 0 aliphatic rings. The second-order valence-corrected chi connectivity index (χ2v) is 5.82. The second-order valence-electron chi connectivity index (χ2n) is 5.82. The van der Waals surface area contributed by atoms with Crippen LogP contribution in [0.5, 0.6) is 5.75 Å². The van der Waals surface area contributed by atoms with Crippen molar-refractivity contribution in [2.45, 2.75) is 25.7 Å². The van der Waals surface area contributed by atoms with Crippen LogP contribution in [-0.2, 0) is 9.53 Å². The molecule has 4 heteroatoms. The van der Waals surface area contributed by atoms with E-state index in [-0.39, 0.29) is 5.97 Å². The van der Waals surface area contributed by atoms with Gasteiger partial charge < -0.3 is 9.47 Å². The summed E-state index contributed by atoms with van der Waals surface area (Å²) in [5.41, 5.74) is 2.25. The number of benzene rings is 1. The summed E-state index contributed by atoms with van der Waals surface area (Å²) in [6, 6.07) is 12.0. The number of ether oxygens (including phenoxy) is 2. The Morgan fingerprint density at radius 1 is 0.885 bits per heavy atom. The molecule has 0 unspecified atom stereocenters. The third-order valence-corrected chi connectivity index (χ3v) is 3.77. The lowest BCUT2D eigenvalue weighted by atomic mass is 10.1. The van der Waals surface area contributed by atoms with E-state index in [1.54, 1.807) is 12.4 Å². The molecule has 136 valence electrons. The first-order valence-electron chi connectivity index (χ1n) is 8.88. The van der Waals surface area contributed by atoms with Crippen molar-refractivity contribution < 1.29 is 14.3 Å². The van der Waals surface area contributed by atoms with Gasteiger partial charge in [0.1, 0.15) is 5.75 Å². The van der Waals surface area contributed by atoms with Crippen molar-refractivity contribution in [2.75, 3.05) is 13.2 Å². The molecular weight excluding hydrogens is 326 g/mol. The number of rotatable bonds is 11. The van der Waals surface area contributed by atoms with E-state index in [0.29, 0.717) is 13.2 Å². The van der Waals surface area contributed by atoms with E-state index in [0.717, 1.165) is 42.6 Å². The summed E-state index contributed by atoms with van der Waals surface area (Å²) < 4.78 is 10.7. The van der Waals surface area contributed by atoms with Crippen molar-refractivity contribution in [3.63, 3.8) is 0 Å². The summed E-state index contributed by atoms with van der Waals surface area (Å²) in [4.78, 5) is 14.9. The molecular formula is C22H25NO3. The SMILES string of the molecule is C=CC(=O)OCCCCCCOc1ccc(/C=C/c2ccncc2)cc1. The number of carbonyl (C=O) groups excluding carboxylic acids is 1. The van der Waals surface area contributed by atoms with Gasteiger partial charge in [0.05, 0.1) is 13.2 Å². The van der Waals surface area contributed by atoms with Crippen LogP contribution in [0.4, 0.5) is 0 Å². The molecule has 0 amide bonds. The monoisotopic (exact) mass is 351 g/mol. The largest absolute Gasteiger partial charge is 0.494 e. The topological polar surface area (TPSA) is 48.4 Å². The molecule has 0 saturated heterocycles. The van der Waals surface area contributed by atoms with Gasteiger partial charge in [0.15, 0.2) is 0 Å². The van der Waals surface area contributed by atoms with E-state index in [2.05, 4.69) is 23.7 Å². The van der Waals surface area contributed by atoms with Crippen molar-refractivity contribution in [2.24, 2.45) is 0 Å². The Bertz CT molecular complexity index is 693. The molecule has 2 rings (SSSR count). The van der Waals surface area contributed by atoms with E-state index in [4.69, 9.17) is 9.47 Å². The van der Waals surface area contributed by atoms with E-state index in [9.17, 15) is 4.79 Å². The van der Waals surface area contributed by atoms with Crippen LogP contribution in [0.15, 0.2) is 61.4 Å². The van der Waals surface area contributed by atoms with Crippen LogP contribution in [0.2, 0.25) is 0 Å². The summed E-state index contributed by atoms with van der Waals surface area (Å²) in [5.74, 6) is 0.526. The highest BCUT2D eigenvalue weighted by molar-refractivity contribution is 5.81. The molecule has 0 fully saturated rings. The maximum absolute atomic E-state index is 10.9. The number of esters is 1. The number of hydrogen-bond acceptors (Lipinski definition) is 4. The molecule has 26 heavy (non-hydrogen) atoms. The number of carbonyl (C=O) groups is 1. The van der Waals surface area contributed by atoms with E-state index >= 15 is 0 Å². The summed E-state index contributed by atoms with van der Waals surface area (Å²) in [7, 11) is 0. The molecule has 1 aromatic heterocycles.